The van der Waals surface area contributed by atoms with Gasteiger partial charge in [-0.05, 0) is 43.4 Å². The molecule has 0 saturated carbocycles. The Kier molecular flexibility index (Phi) is 7.05. The van der Waals surface area contributed by atoms with E-state index in [9.17, 15) is 8.78 Å². The maximum Gasteiger partial charge on any atom is 0.191 e. The molecule has 0 aliphatic rings. The highest BCUT2D eigenvalue weighted by Crippen LogP contribution is 2.30. The highest BCUT2D eigenvalue weighted by Gasteiger charge is 2.18. The van der Waals surface area contributed by atoms with Crippen LogP contribution in [-0.4, -0.2) is 28.4 Å². The van der Waals surface area contributed by atoms with Crippen LogP contribution in [0.1, 0.15) is 12.6 Å². The van der Waals surface area contributed by atoms with Crippen molar-refractivity contribution in [1.29, 1.82) is 5.41 Å². The minimum atomic E-state index is -0.974. The van der Waals surface area contributed by atoms with Crippen molar-refractivity contribution in [3.05, 3.63) is 52.5 Å². The minimum absolute atomic E-state index is 0.342. The number of hydrogen-bond donors (Lipinski definition) is 2. The molecule has 1 heterocycles. The first-order valence-corrected chi connectivity index (χ1v) is 8.95. The SMILES string of the molecule is C/C=C\n1c(/C(=C/C=N)N=COSC)c(-c2ccc(F)c(F)c2)[nH]c1=S. The number of rotatable bonds is 7. The van der Waals surface area contributed by atoms with E-state index in [2.05, 4.69) is 9.98 Å². The summed E-state index contributed by atoms with van der Waals surface area (Å²) in [7, 11) is 0. The van der Waals surface area contributed by atoms with Gasteiger partial charge in [0, 0.05) is 24.2 Å². The predicted molar refractivity (Wildman–Crippen MR) is 106 cm³/mol. The zero-order valence-corrected chi connectivity index (χ0v) is 15.6. The van der Waals surface area contributed by atoms with Crippen LogP contribution in [0.4, 0.5) is 8.78 Å². The van der Waals surface area contributed by atoms with E-state index >= 15 is 0 Å². The summed E-state index contributed by atoms with van der Waals surface area (Å²) in [5.74, 6) is -1.92. The van der Waals surface area contributed by atoms with Crippen molar-refractivity contribution in [2.75, 3.05) is 6.26 Å². The number of halogens is 2. The molecule has 136 valence electrons. The number of hydrogen-bond acceptors (Lipinski definition) is 5. The maximum absolute atomic E-state index is 13.7. The first kappa shape index (κ1) is 19.8. The summed E-state index contributed by atoms with van der Waals surface area (Å²) in [4.78, 5) is 7.20. The minimum Gasteiger partial charge on any atom is -0.414 e. The van der Waals surface area contributed by atoms with Crippen LogP contribution in [0.2, 0.25) is 0 Å². The largest absolute Gasteiger partial charge is 0.414 e. The van der Waals surface area contributed by atoms with E-state index in [1.165, 1.54) is 18.5 Å². The van der Waals surface area contributed by atoms with Gasteiger partial charge in [0.1, 0.15) is 0 Å². The average Bonchev–Trinajstić information content (AvgIpc) is 2.94. The molecular weight excluding hydrogens is 378 g/mol. The van der Waals surface area contributed by atoms with Crippen molar-refractivity contribution in [1.82, 2.24) is 9.55 Å². The number of aliphatic imine (C=N–C) groups is 1. The van der Waals surface area contributed by atoms with Crippen molar-refractivity contribution in [3.8, 4) is 11.3 Å². The van der Waals surface area contributed by atoms with Crippen LogP contribution in [0.15, 0.2) is 35.3 Å². The summed E-state index contributed by atoms with van der Waals surface area (Å²) in [5.41, 5.74) is 1.69. The second-order valence-corrected chi connectivity index (χ2v) is 5.76. The summed E-state index contributed by atoms with van der Waals surface area (Å²) in [5, 5.41) is 7.38. The summed E-state index contributed by atoms with van der Waals surface area (Å²) in [6.07, 6.45) is 8.95. The molecule has 5 nitrogen and oxygen atoms in total. The molecule has 0 bridgehead atoms. The fourth-order valence-electron chi connectivity index (χ4n) is 2.24. The smallest absolute Gasteiger partial charge is 0.191 e. The molecule has 9 heteroatoms. The number of nitrogens with zero attached hydrogens (tertiary/aromatic N) is 2. The molecule has 0 saturated heterocycles. The number of aromatic amines is 1. The van der Waals surface area contributed by atoms with Gasteiger partial charge in [0.25, 0.3) is 0 Å². The van der Waals surface area contributed by atoms with Gasteiger partial charge in [-0.1, -0.05) is 6.08 Å². The summed E-state index contributed by atoms with van der Waals surface area (Å²) in [6.45, 7) is 1.82. The van der Waals surface area contributed by atoms with Crippen LogP contribution in [0.25, 0.3) is 23.2 Å². The highest BCUT2D eigenvalue weighted by atomic mass is 32.2. The third-order valence-corrected chi connectivity index (χ3v) is 3.83. The molecule has 0 atom stereocenters. The molecule has 0 amide bonds. The lowest BCUT2D eigenvalue weighted by molar-refractivity contribution is 0.509. The Morgan fingerprint density at radius 2 is 2.15 bits per heavy atom. The molecule has 0 aliphatic carbocycles. The van der Waals surface area contributed by atoms with E-state index in [4.69, 9.17) is 21.8 Å². The molecule has 2 aromatic rings. The van der Waals surface area contributed by atoms with Gasteiger partial charge < -0.3 is 14.6 Å². The molecule has 1 aromatic carbocycles. The Morgan fingerprint density at radius 3 is 2.77 bits per heavy atom. The van der Waals surface area contributed by atoms with Gasteiger partial charge in [0.05, 0.1) is 29.1 Å². The fourth-order valence-corrected chi connectivity index (χ4v) is 2.62. The van der Waals surface area contributed by atoms with Gasteiger partial charge in [0.15, 0.2) is 22.8 Å². The Hall–Kier alpha value is -2.52. The topological polar surface area (TPSA) is 66.2 Å². The second kappa shape index (κ2) is 9.25. The Labute approximate surface area is 158 Å². The average molecular weight is 394 g/mol. The van der Waals surface area contributed by atoms with Gasteiger partial charge in [-0.3, -0.25) is 4.57 Å². The monoisotopic (exact) mass is 394 g/mol. The van der Waals surface area contributed by atoms with E-state index in [1.807, 2.05) is 6.92 Å². The molecule has 26 heavy (non-hydrogen) atoms. The first-order chi connectivity index (χ1) is 12.5. The zero-order valence-electron chi connectivity index (χ0n) is 14.0. The van der Waals surface area contributed by atoms with Crippen molar-refractivity contribution in [2.24, 2.45) is 4.99 Å². The third kappa shape index (κ3) is 4.36. The molecule has 0 aliphatic heterocycles. The van der Waals surface area contributed by atoms with E-state index in [0.29, 0.717) is 27.4 Å². The molecule has 0 spiro atoms. The van der Waals surface area contributed by atoms with E-state index in [0.717, 1.165) is 30.4 Å². The normalized spacial score (nSPS) is 12.2. The van der Waals surface area contributed by atoms with Gasteiger partial charge in [-0.2, -0.15) is 0 Å². The standard InChI is InChI=1S/C17H16F2N4OS2/c1-3-8-23-16(14(6-7-20)21-10-24-26-2)15(22-17(23)25)11-4-5-12(18)13(19)9-11/h3-10,20H,1-2H3,(H,22,25)/b8-3-,14-6-,20-7?,21-10?. The quantitative estimate of drug-likeness (QED) is 0.290. The van der Waals surface area contributed by atoms with Gasteiger partial charge >= 0.3 is 0 Å². The number of H-pyrrole nitrogens is 1. The third-order valence-electron chi connectivity index (χ3n) is 3.25. The van der Waals surface area contributed by atoms with E-state index in [1.54, 1.807) is 23.1 Å². The number of imidazole rings is 1. The predicted octanol–water partition coefficient (Wildman–Crippen LogP) is 5.29. The lowest BCUT2D eigenvalue weighted by atomic mass is 10.1. The summed E-state index contributed by atoms with van der Waals surface area (Å²) >= 11 is 6.45. The number of allylic oxidation sites excluding steroid dienone is 2. The molecule has 2 N–H and O–H groups in total. The van der Waals surface area contributed by atoms with Crippen molar-refractivity contribution >= 4 is 48.8 Å². The summed E-state index contributed by atoms with van der Waals surface area (Å²) in [6, 6.07) is 3.55. The molecule has 2 rings (SSSR count). The van der Waals surface area contributed by atoms with Crippen LogP contribution in [0.5, 0.6) is 0 Å². The summed E-state index contributed by atoms with van der Waals surface area (Å²) < 4.78 is 34.0. The van der Waals surface area contributed by atoms with Gasteiger partial charge in [0.2, 0.25) is 0 Å². The zero-order chi connectivity index (χ0) is 19.1. The van der Waals surface area contributed by atoms with Crippen LogP contribution in [0, 0.1) is 21.8 Å². The van der Waals surface area contributed by atoms with Crippen molar-refractivity contribution < 1.29 is 13.0 Å². The Morgan fingerprint density at radius 1 is 1.38 bits per heavy atom. The van der Waals surface area contributed by atoms with Crippen LogP contribution in [-0.2, 0) is 4.18 Å². The molecule has 1 aromatic heterocycles. The number of aromatic nitrogens is 2. The fraction of sp³-hybridized carbons (Fsp3) is 0.118. The van der Waals surface area contributed by atoms with E-state index in [-0.39, 0.29) is 0 Å². The van der Waals surface area contributed by atoms with Crippen molar-refractivity contribution in [3.63, 3.8) is 0 Å². The Bertz CT molecular complexity index is 945. The lowest BCUT2D eigenvalue weighted by Gasteiger charge is -2.08. The maximum atomic E-state index is 13.7. The van der Waals surface area contributed by atoms with Gasteiger partial charge in [-0.25, -0.2) is 13.8 Å². The molecule has 0 fully saturated rings. The lowest BCUT2D eigenvalue weighted by Crippen LogP contribution is -1.97. The highest BCUT2D eigenvalue weighted by molar-refractivity contribution is 7.94. The second-order valence-electron chi connectivity index (χ2n) is 4.85. The van der Waals surface area contributed by atoms with Gasteiger partial charge in [-0.15, -0.1) is 0 Å². The first-order valence-electron chi connectivity index (χ1n) is 7.39. The molecule has 0 unspecified atom stereocenters. The number of nitrogens with one attached hydrogen (secondary N) is 2. The van der Waals surface area contributed by atoms with Crippen LogP contribution >= 0.6 is 24.3 Å². The molecule has 0 radical (unpaired) electrons. The Balaban J connectivity index is 2.75. The van der Waals surface area contributed by atoms with Crippen molar-refractivity contribution in [2.45, 2.75) is 6.92 Å². The van der Waals surface area contributed by atoms with Crippen LogP contribution in [0.3, 0.4) is 0 Å². The van der Waals surface area contributed by atoms with E-state index < -0.39 is 11.6 Å². The van der Waals surface area contributed by atoms with Crippen LogP contribution < -0.4 is 0 Å². The molecular formula is C17H16F2N4OS2. The number of benzene rings is 1.